The summed E-state index contributed by atoms with van der Waals surface area (Å²) in [5, 5.41) is 39.2. The summed E-state index contributed by atoms with van der Waals surface area (Å²) in [4.78, 5) is 0. The third-order valence-corrected chi connectivity index (χ3v) is 5.57. The number of ether oxygens (including phenoxy) is 4. The molecule has 18 heteroatoms. The van der Waals surface area contributed by atoms with Crippen LogP contribution in [-0.2, 0) is 48.1 Å². The van der Waals surface area contributed by atoms with Crippen LogP contribution in [0.15, 0.2) is 0 Å². The van der Waals surface area contributed by atoms with Gasteiger partial charge in [-0.3, -0.25) is 9.11 Å². The average Bonchev–Trinajstić information content (AvgIpc) is 2.91. The predicted octanol–water partition coefficient (Wildman–Crippen LogP) is -4.70. The molecular weight excluding hydrogens is 464 g/mol. The van der Waals surface area contributed by atoms with Gasteiger partial charge in [0.05, 0.1) is 13.2 Å². The summed E-state index contributed by atoms with van der Waals surface area (Å²) in [6, 6.07) is 0. The molecule has 3 saturated heterocycles. The molecule has 0 aromatic heterocycles. The minimum absolute atomic E-state index is 0.247. The van der Waals surface area contributed by atoms with E-state index >= 15 is 0 Å². The second kappa shape index (κ2) is 8.75. The molecule has 30 heavy (non-hydrogen) atoms. The molecule has 0 amide bonds. The Bertz CT molecular complexity index is 814. The molecule has 0 aromatic rings. The Balaban J connectivity index is 1.84. The maximum Gasteiger partial charge on any atom is 0.397 e. The van der Waals surface area contributed by atoms with Crippen molar-refractivity contribution in [3.63, 3.8) is 0 Å². The van der Waals surface area contributed by atoms with Gasteiger partial charge in [0.2, 0.25) is 0 Å². The first-order valence-electron chi connectivity index (χ1n) is 8.35. The van der Waals surface area contributed by atoms with Gasteiger partial charge in [-0.25, -0.2) is 8.37 Å². The van der Waals surface area contributed by atoms with Gasteiger partial charge >= 0.3 is 20.8 Å². The van der Waals surface area contributed by atoms with Crippen LogP contribution in [0.25, 0.3) is 0 Å². The lowest BCUT2D eigenvalue weighted by molar-refractivity contribution is -0.331. The van der Waals surface area contributed by atoms with Gasteiger partial charge < -0.3 is 39.4 Å². The number of aliphatic hydroxyl groups is 4. The van der Waals surface area contributed by atoms with Crippen molar-refractivity contribution < 1.29 is 73.7 Å². The molecule has 10 atom stereocenters. The van der Waals surface area contributed by atoms with Crippen molar-refractivity contribution >= 4 is 20.8 Å². The highest BCUT2D eigenvalue weighted by atomic mass is 32.3. The van der Waals surface area contributed by atoms with E-state index in [0.29, 0.717) is 0 Å². The summed E-state index contributed by atoms with van der Waals surface area (Å²) in [6.45, 7) is -1.07. The van der Waals surface area contributed by atoms with Crippen molar-refractivity contribution in [2.24, 2.45) is 0 Å². The van der Waals surface area contributed by atoms with Crippen molar-refractivity contribution in [3.8, 4) is 0 Å². The van der Waals surface area contributed by atoms with Crippen LogP contribution < -0.4 is 0 Å². The first-order chi connectivity index (χ1) is 13.8. The first-order valence-corrected chi connectivity index (χ1v) is 11.1. The molecule has 3 heterocycles. The molecule has 16 nitrogen and oxygen atoms in total. The second-order valence-corrected chi connectivity index (χ2v) is 8.74. The molecule has 0 radical (unpaired) electrons. The van der Waals surface area contributed by atoms with Crippen LogP contribution in [0.5, 0.6) is 0 Å². The minimum atomic E-state index is -5.17. The van der Waals surface area contributed by atoms with E-state index in [1.165, 1.54) is 0 Å². The second-order valence-electron chi connectivity index (χ2n) is 6.65. The van der Waals surface area contributed by atoms with Crippen LogP contribution in [0.1, 0.15) is 0 Å². The number of rotatable bonds is 7. The highest BCUT2D eigenvalue weighted by Gasteiger charge is 2.57. The van der Waals surface area contributed by atoms with Gasteiger partial charge in [0.25, 0.3) is 0 Å². The normalized spacial score (nSPS) is 44.9. The lowest BCUT2D eigenvalue weighted by atomic mass is 9.98. The van der Waals surface area contributed by atoms with E-state index in [4.69, 9.17) is 28.1 Å². The zero-order chi connectivity index (χ0) is 22.4. The van der Waals surface area contributed by atoms with E-state index in [-0.39, 0.29) is 6.61 Å². The Morgan fingerprint density at radius 3 is 2.03 bits per heavy atom. The minimum Gasteiger partial charge on any atom is -0.394 e. The fraction of sp³-hybridized carbons (Fsp3) is 1.00. The summed E-state index contributed by atoms with van der Waals surface area (Å²) in [5.41, 5.74) is 0. The lowest BCUT2D eigenvalue weighted by Crippen LogP contribution is -2.63. The standard InChI is InChI=1S/C12H20O16S2/c13-1-3-5(14)6(15)8(27-29(17,18)19)12(25-3)26-7-4-2-23-9(7)10(11(16)24-4)28-30(20,21)22/h3-16H,1-2H2,(H,17,18,19)(H,20,21,22)/t3-,4-,5+,6+,7+,8-,9+,10-,11+,12+/m1/s1. The van der Waals surface area contributed by atoms with Gasteiger partial charge in [0, 0.05) is 0 Å². The average molecular weight is 484 g/mol. The molecule has 0 saturated carbocycles. The molecule has 3 aliphatic heterocycles. The van der Waals surface area contributed by atoms with Crippen LogP contribution in [0, 0.1) is 0 Å². The van der Waals surface area contributed by atoms with Gasteiger partial charge in [-0.05, 0) is 0 Å². The Morgan fingerprint density at radius 2 is 1.47 bits per heavy atom. The van der Waals surface area contributed by atoms with Gasteiger partial charge in [0.15, 0.2) is 24.8 Å². The van der Waals surface area contributed by atoms with Crippen LogP contribution in [0.3, 0.4) is 0 Å². The molecule has 3 fully saturated rings. The van der Waals surface area contributed by atoms with E-state index in [1.54, 1.807) is 0 Å². The van der Waals surface area contributed by atoms with Crippen molar-refractivity contribution in [1.29, 1.82) is 0 Å². The summed E-state index contributed by atoms with van der Waals surface area (Å²) >= 11 is 0. The Kier molecular flexibility index (Phi) is 7.02. The smallest absolute Gasteiger partial charge is 0.394 e. The summed E-state index contributed by atoms with van der Waals surface area (Å²) in [6.07, 6.45) is -16.6. The van der Waals surface area contributed by atoms with E-state index < -0.39 is 88.8 Å². The monoisotopic (exact) mass is 484 g/mol. The molecule has 0 aromatic carbocycles. The third-order valence-electron chi connectivity index (χ3n) is 4.64. The number of aliphatic hydroxyl groups excluding tert-OH is 4. The Hall–Kier alpha value is -0.580. The molecule has 2 bridgehead atoms. The number of fused-ring (bicyclic) bond motifs is 2. The topological polar surface area (TPSA) is 245 Å². The largest absolute Gasteiger partial charge is 0.397 e. The molecule has 176 valence electrons. The Morgan fingerprint density at radius 1 is 0.867 bits per heavy atom. The van der Waals surface area contributed by atoms with Crippen LogP contribution in [0.2, 0.25) is 0 Å². The maximum absolute atomic E-state index is 11.1. The number of hydrogen-bond acceptors (Lipinski definition) is 14. The van der Waals surface area contributed by atoms with Crippen LogP contribution in [-0.4, -0.2) is 121 Å². The summed E-state index contributed by atoms with van der Waals surface area (Å²) in [7, 11) is -10.2. The zero-order valence-corrected chi connectivity index (χ0v) is 16.4. The summed E-state index contributed by atoms with van der Waals surface area (Å²) < 4.78 is 91.8. The van der Waals surface area contributed by atoms with Gasteiger partial charge in [-0.15, -0.1) is 0 Å². The van der Waals surface area contributed by atoms with E-state index in [2.05, 4.69) is 8.37 Å². The van der Waals surface area contributed by atoms with Crippen LogP contribution >= 0.6 is 0 Å². The van der Waals surface area contributed by atoms with Crippen molar-refractivity contribution in [1.82, 2.24) is 0 Å². The fourth-order valence-corrected chi connectivity index (χ4v) is 4.37. The highest BCUT2D eigenvalue weighted by Crippen LogP contribution is 2.36. The summed E-state index contributed by atoms with van der Waals surface area (Å²) in [5.74, 6) is 0. The quantitative estimate of drug-likeness (QED) is 0.186. The SMILES string of the molecule is O=S(=O)(O)O[C@@H]1[C@H]2OC[C@@H](O[C@@H]1O)[C@@H]2O[C@@H]1O[C@H](CO)[C@H](O)[C@H](O)[C@H]1OS(=O)(=O)O. The fourth-order valence-electron chi connectivity index (χ4n) is 3.40. The molecule has 3 aliphatic rings. The Labute approximate surface area is 169 Å². The highest BCUT2D eigenvalue weighted by molar-refractivity contribution is 7.81. The van der Waals surface area contributed by atoms with Crippen molar-refractivity contribution in [2.45, 2.75) is 61.4 Å². The number of hydrogen-bond donors (Lipinski definition) is 6. The zero-order valence-electron chi connectivity index (χ0n) is 14.8. The molecule has 0 aliphatic carbocycles. The van der Waals surface area contributed by atoms with Gasteiger partial charge in [0.1, 0.15) is 36.6 Å². The molecular formula is C12H20O16S2. The third kappa shape index (κ3) is 5.24. The predicted molar refractivity (Wildman–Crippen MR) is 86.1 cm³/mol. The lowest BCUT2D eigenvalue weighted by Gasteiger charge is -2.44. The maximum atomic E-state index is 11.1. The van der Waals surface area contributed by atoms with E-state index in [0.717, 1.165) is 0 Å². The molecule has 0 unspecified atom stereocenters. The van der Waals surface area contributed by atoms with Crippen molar-refractivity contribution in [3.05, 3.63) is 0 Å². The molecule has 6 N–H and O–H groups in total. The van der Waals surface area contributed by atoms with Crippen LogP contribution in [0.4, 0.5) is 0 Å². The first kappa shape index (κ1) is 24.1. The van der Waals surface area contributed by atoms with Crippen molar-refractivity contribution in [2.75, 3.05) is 13.2 Å². The van der Waals surface area contributed by atoms with Gasteiger partial charge in [-0.1, -0.05) is 0 Å². The molecule has 3 rings (SSSR count). The van der Waals surface area contributed by atoms with E-state index in [1.807, 2.05) is 0 Å². The van der Waals surface area contributed by atoms with E-state index in [9.17, 15) is 37.3 Å². The molecule has 0 spiro atoms. The van der Waals surface area contributed by atoms with Gasteiger partial charge in [-0.2, -0.15) is 16.8 Å².